The van der Waals surface area contributed by atoms with E-state index in [9.17, 15) is 4.79 Å². The average molecular weight is 427 g/mol. The normalized spacial score (nSPS) is 18.5. The Labute approximate surface area is 184 Å². The Morgan fingerprint density at radius 1 is 1.17 bits per heavy atom. The van der Waals surface area contributed by atoms with Crippen molar-refractivity contribution >= 4 is 28.2 Å². The van der Waals surface area contributed by atoms with Gasteiger partial charge in [0.2, 0.25) is 5.91 Å². The fourth-order valence-electron chi connectivity index (χ4n) is 4.69. The maximum absolute atomic E-state index is 12.8. The quantitative estimate of drug-likeness (QED) is 0.598. The van der Waals surface area contributed by atoms with Crippen molar-refractivity contribution in [3.8, 4) is 0 Å². The number of nitrogens with zero attached hydrogens (tertiary/aromatic N) is 3. The molecule has 2 fully saturated rings. The minimum absolute atomic E-state index is 0.279. The summed E-state index contributed by atoms with van der Waals surface area (Å²) >= 11 is 1.72. The molecule has 1 aliphatic carbocycles. The summed E-state index contributed by atoms with van der Waals surface area (Å²) in [6.07, 6.45) is 13.4. The lowest BCUT2D eigenvalue weighted by Gasteiger charge is -2.35. The second kappa shape index (κ2) is 10.4. The van der Waals surface area contributed by atoms with Gasteiger partial charge < -0.3 is 10.2 Å². The molecule has 1 amide bonds. The highest BCUT2D eigenvalue weighted by Crippen LogP contribution is 2.31. The standard InChI is InChI=1S/C24H34N4OS/c1-2-3-10-20-17-25-24(30-20)27-22-12-7-11-21(26-22)18-13-15-28(16-14-18)23(29)19-8-5-4-6-9-19/h7,11-12,17-19H,2-6,8-10,13-16H2,1H3,(H,25,26,27). The Morgan fingerprint density at radius 2 is 1.97 bits per heavy atom. The summed E-state index contributed by atoms with van der Waals surface area (Å²) in [5.74, 6) is 1.98. The Bertz CT molecular complexity index is 822. The van der Waals surface area contributed by atoms with E-state index in [1.54, 1.807) is 11.3 Å². The number of piperidine rings is 1. The number of pyridine rings is 1. The molecule has 1 saturated heterocycles. The lowest BCUT2D eigenvalue weighted by molar-refractivity contribution is -0.137. The highest BCUT2D eigenvalue weighted by atomic mass is 32.1. The monoisotopic (exact) mass is 426 g/mol. The van der Waals surface area contributed by atoms with Crippen LogP contribution in [0.1, 0.15) is 81.2 Å². The van der Waals surface area contributed by atoms with Crippen LogP contribution in [0.25, 0.3) is 0 Å². The van der Waals surface area contributed by atoms with Gasteiger partial charge in [0, 0.05) is 41.7 Å². The molecule has 1 saturated carbocycles. The summed E-state index contributed by atoms with van der Waals surface area (Å²) in [7, 11) is 0. The predicted molar refractivity (Wildman–Crippen MR) is 123 cm³/mol. The topological polar surface area (TPSA) is 58.1 Å². The van der Waals surface area contributed by atoms with Crippen LogP contribution in [-0.4, -0.2) is 33.9 Å². The van der Waals surface area contributed by atoms with E-state index in [0.29, 0.717) is 11.8 Å². The summed E-state index contributed by atoms with van der Waals surface area (Å²) in [6.45, 7) is 3.95. The Balaban J connectivity index is 1.32. The highest BCUT2D eigenvalue weighted by molar-refractivity contribution is 7.15. The van der Waals surface area contributed by atoms with Crippen LogP contribution in [0.4, 0.5) is 10.9 Å². The maximum atomic E-state index is 12.8. The van der Waals surface area contributed by atoms with Crippen LogP contribution in [-0.2, 0) is 11.2 Å². The van der Waals surface area contributed by atoms with E-state index in [0.717, 1.165) is 61.8 Å². The van der Waals surface area contributed by atoms with Crippen molar-refractivity contribution in [1.29, 1.82) is 0 Å². The molecule has 2 aromatic rings. The number of anilines is 2. The molecule has 1 N–H and O–H groups in total. The summed E-state index contributed by atoms with van der Waals surface area (Å²) in [6, 6.07) is 6.22. The molecule has 6 heteroatoms. The van der Waals surface area contributed by atoms with Crippen LogP contribution in [0.3, 0.4) is 0 Å². The Morgan fingerprint density at radius 3 is 2.73 bits per heavy atom. The molecule has 0 aromatic carbocycles. The van der Waals surface area contributed by atoms with E-state index in [1.807, 2.05) is 12.3 Å². The van der Waals surface area contributed by atoms with Crippen molar-refractivity contribution in [1.82, 2.24) is 14.9 Å². The second-order valence-electron chi connectivity index (χ2n) is 8.74. The number of amides is 1. The van der Waals surface area contributed by atoms with Crippen molar-refractivity contribution in [2.75, 3.05) is 18.4 Å². The van der Waals surface area contributed by atoms with Crippen molar-refractivity contribution in [2.24, 2.45) is 5.92 Å². The first-order valence-electron chi connectivity index (χ1n) is 11.7. The summed E-state index contributed by atoms with van der Waals surface area (Å²) < 4.78 is 0. The average Bonchev–Trinajstić information content (AvgIpc) is 3.25. The molecular weight excluding hydrogens is 392 g/mol. The number of nitrogens with one attached hydrogen (secondary N) is 1. The molecule has 0 unspecified atom stereocenters. The second-order valence-corrected chi connectivity index (χ2v) is 9.86. The van der Waals surface area contributed by atoms with Crippen molar-refractivity contribution in [2.45, 2.75) is 77.0 Å². The van der Waals surface area contributed by atoms with E-state index < -0.39 is 0 Å². The molecule has 0 atom stereocenters. The van der Waals surface area contributed by atoms with Gasteiger partial charge in [0.25, 0.3) is 0 Å². The van der Waals surface area contributed by atoms with Crippen LogP contribution in [0.5, 0.6) is 0 Å². The van der Waals surface area contributed by atoms with Crippen LogP contribution in [0.2, 0.25) is 0 Å². The largest absolute Gasteiger partial charge is 0.342 e. The van der Waals surface area contributed by atoms with Gasteiger partial charge in [0.05, 0.1) is 0 Å². The van der Waals surface area contributed by atoms with Gasteiger partial charge in [-0.25, -0.2) is 9.97 Å². The molecule has 162 valence electrons. The number of hydrogen-bond donors (Lipinski definition) is 1. The van der Waals surface area contributed by atoms with Crippen LogP contribution < -0.4 is 5.32 Å². The Kier molecular flexibility index (Phi) is 7.37. The van der Waals surface area contributed by atoms with Gasteiger partial charge in [-0.15, -0.1) is 11.3 Å². The van der Waals surface area contributed by atoms with Gasteiger partial charge >= 0.3 is 0 Å². The van der Waals surface area contributed by atoms with E-state index in [-0.39, 0.29) is 5.92 Å². The summed E-state index contributed by atoms with van der Waals surface area (Å²) in [5.41, 5.74) is 1.13. The number of rotatable bonds is 7. The van der Waals surface area contributed by atoms with Crippen molar-refractivity contribution < 1.29 is 4.79 Å². The zero-order valence-corrected chi connectivity index (χ0v) is 18.9. The minimum Gasteiger partial charge on any atom is -0.342 e. The smallest absolute Gasteiger partial charge is 0.225 e. The van der Waals surface area contributed by atoms with Crippen LogP contribution >= 0.6 is 11.3 Å². The SMILES string of the molecule is CCCCc1cnc(Nc2cccc(C3CCN(C(=O)C4CCCCC4)CC3)n2)s1. The maximum Gasteiger partial charge on any atom is 0.225 e. The number of thiazole rings is 1. The van der Waals surface area contributed by atoms with E-state index in [1.165, 1.54) is 37.0 Å². The highest BCUT2D eigenvalue weighted by Gasteiger charge is 2.30. The first-order chi connectivity index (χ1) is 14.7. The molecule has 30 heavy (non-hydrogen) atoms. The van der Waals surface area contributed by atoms with Crippen LogP contribution in [0, 0.1) is 5.92 Å². The lowest BCUT2D eigenvalue weighted by atomic mass is 9.86. The molecule has 2 aromatic heterocycles. The molecular formula is C24H34N4OS. The van der Waals surface area contributed by atoms with E-state index in [2.05, 4.69) is 34.3 Å². The predicted octanol–water partition coefficient (Wildman–Crippen LogP) is 5.91. The van der Waals surface area contributed by atoms with Gasteiger partial charge in [-0.05, 0) is 50.7 Å². The third kappa shape index (κ3) is 5.39. The number of hydrogen-bond acceptors (Lipinski definition) is 5. The van der Waals surface area contributed by atoms with Crippen LogP contribution in [0.15, 0.2) is 24.4 Å². The minimum atomic E-state index is 0.279. The third-order valence-electron chi connectivity index (χ3n) is 6.52. The first-order valence-corrected chi connectivity index (χ1v) is 12.5. The third-order valence-corrected chi connectivity index (χ3v) is 7.49. The number of unbranched alkanes of at least 4 members (excludes halogenated alkanes) is 1. The number of aryl methyl sites for hydroxylation is 1. The molecule has 5 nitrogen and oxygen atoms in total. The fraction of sp³-hybridized carbons (Fsp3) is 0.625. The lowest BCUT2D eigenvalue weighted by Crippen LogP contribution is -2.42. The van der Waals surface area contributed by atoms with E-state index in [4.69, 9.17) is 4.98 Å². The molecule has 0 bridgehead atoms. The molecule has 0 spiro atoms. The number of likely N-dealkylation sites (tertiary alicyclic amines) is 1. The molecule has 1 aliphatic heterocycles. The molecule has 3 heterocycles. The molecule has 0 radical (unpaired) electrons. The fourth-order valence-corrected chi connectivity index (χ4v) is 5.55. The number of aromatic nitrogens is 2. The van der Waals surface area contributed by atoms with Gasteiger partial charge in [-0.3, -0.25) is 4.79 Å². The molecule has 2 aliphatic rings. The van der Waals surface area contributed by atoms with Gasteiger partial charge in [0.1, 0.15) is 5.82 Å². The molecule has 4 rings (SSSR count). The number of carbonyl (C=O) groups is 1. The number of carbonyl (C=O) groups excluding carboxylic acids is 1. The van der Waals surface area contributed by atoms with Crippen molar-refractivity contribution in [3.05, 3.63) is 35.0 Å². The van der Waals surface area contributed by atoms with Crippen molar-refractivity contribution in [3.63, 3.8) is 0 Å². The zero-order chi connectivity index (χ0) is 20.8. The van der Waals surface area contributed by atoms with Gasteiger partial charge in [0.15, 0.2) is 5.13 Å². The summed E-state index contributed by atoms with van der Waals surface area (Å²) in [4.78, 5) is 25.6. The van der Waals surface area contributed by atoms with Gasteiger partial charge in [-0.1, -0.05) is 38.7 Å². The zero-order valence-electron chi connectivity index (χ0n) is 18.1. The first kappa shape index (κ1) is 21.3. The van der Waals surface area contributed by atoms with Gasteiger partial charge in [-0.2, -0.15) is 0 Å². The Hall–Kier alpha value is -1.95. The van der Waals surface area contributed by atoms with E-state index >= 15 is 0 Å². The summed E-state index contributed by atoms with van der Waals surface area (Å²) in [5, 5.41) is 4.30.